The van der Waals surface area contributed by atoms with E-state index in [9.17, 15) is 4.79 Å². The Morgan fingerprint density at radius 2 is 2.11 bits per heavy atom. The van der Waals surface area contributed by atoms with Gasteiger partial charge in [0.2, 0.25) is 5.16 Å². The van der Waals surface area contributed by atoms with E-state index in [1.165, 1.54) is 11.8 Å². The van der Waals surface area contributed by atoms with Crippen molar-refractivity contribution in [3.63, 3.8) is 0 Å². The van der Waals surface area contributed by atoms with Crippen molar-refractivity contribution in [3.8, 4) is 11.4 Å². The largest absolute Gasteiger partial charge is 0.494 e. The number of tetrazole rings is 1. The van der Waals surface area contributed by atoms with E-state index in [0.717, 1.165) is 11.3 Å². The van der Waals surface area contributed by atoms with Crippen molar-refractivity contribution in [1.82, 2.24) is 30.2 Å². The van der Waals surface area contributed by atoms with E-state index < -0.39 is 0 Å². The van der Waals surface area contributed by atoms with Gasteiger partial charge in [-0.1, -0.05) is 29.4 Å². The number of aromatic amines is 1. The Labute approximate surface area is 168 Å². The Morgan fingerprint density at radius 1 is 1.25 bits per heavy atom. The number of aryl methyl sites for hydroxylation is 1. The summed E-state index contributed by atoms with van der Waals surface area (Å²) in [5, 5.41) is 13.5. The molecule has 28 heavy (non-hydrogen) atoms. The first-order chi connectivity index (χ1) is 13.5. The molecule has 0 spiro atoms. The number of halogens is 1. The highest BCUT2D eigenvalue weighted by Crippen LogP contribution is 2.28. The van der Waals surface area contributed by atoms with Crippen molar-refractivity contribution in [2.75, 3.05) is 7.11 Å². The highest BCUT2D eigenvalue weighted by atomic mass is 35.5. The number of H-pyrrole nitrogens is 1. The molecule has 2 aromatic heterocycles. The SMILES string of the molecule is COc1ccc(C)cc1-n1nnnc1SCc1nc2cc(Cl)ccc2c(=O)[nH]1. The molecule has 0 fully saturated rings. The number of methoxy groups -OCH3 is 1. The molecule has 0 saturated heterocycles. The average Bonchev–Trinajstić information content (AvgIpc) is 3.14. The van der Waals surface area contributed by atoms with E-state index in [4.69, 9.17) is 16.3 Å². The summed E-state index contributed by atoms with van der Waals surface area (Å²) in [5.74, 6) is 1.55. The van der Waals surface area contributed by atoms with Gasteiger partial charge in [0.1, 0.15) is 17.3 Å². The van der Waals surface area contributed by atoms with Crippen molar-refractivity contribution < 1.29 is 4.74 Å². The molecule has 142 valence electrons. The van der Waals surface area contributed by atoms with Crippen LogP contribution in [0.4, 0.5) is 0 Å². The number of hydrogen-bond acceptors (Lipinski definition) is 7. The Balaban J connectivity index is 1.64. The summed E-state index contributed by atoms with van der Waals surface area (Å²) in [6, 6.07) is 10.8. The summed E-state index contributed by atoms with van der Waals surface area (Å²) in [6.45, 7) is 1.98. The molecular weight excluding hydrogens is 400 g/mol. The smallest absolute Gasteiger partial charge is 0.258 e. The molecule has 0 aliphatic heterocycles. The summed E-state index contributed by atoms with van der Waals surface area (Å²) in [5.41, 5.74) is 2.13. The molecule has 0 aliphatic rings. The van der Waals surface area contributed by atoms with Crippen LogP contribution >= 0.6 is 23.4 Å². The quantitative estimate of drug-likeness (QED) is 0.501. The summed E-state index contributed by atoms with van der Waals surface area (Å²) in [7, 11) is 1.60. The molecule has 2 heterocycles. The van der Waals surface area contributed by atoms with Gasteiger partial charge in [0.15, 0.2) is 0 Å². The molecular formula is C18H15ClN6O2S. The van der Waals surface area contributed by atoms with Crippen LogP contribution in [0, 0.1) is 6.92 Å². The van der Waals surface area contributed by atoms with Crippen LogP contribution < -0.4 is 10.3 Å². The maximum Gasteiger partial charge on any atom is 0.258 e. The number of nitrogens with one attached hydrogen (secondary N) is 1. The van der Waals surface area contributed by atoms with Gasteiger partial charge >= 0.3 is 0 Å². The Kier molecular flexibility index (Phi) is 5.01. The lowest BCUT2D eigenvalue weighted by Gasteiger charge is -2.10. The first-order valence-corrected chi connectivity index (χ1v) is 9.66. The molecule has 0 amide bonds. The van der Waals surface area contributed by atoms with Crippen LogP contribution in [0.25, 0.3) is 16.6 Å². The van der Waals surface area contributed by atoms with Gasteiger partial charge in [-0.05, 0) is 53.2 Å². The minimum absolute atomic E-state index is 0.211. The topological polar surface area (TPSA) is 98.6 Å². The van der Waals surface area contributed by atoms with E-state index in [1.807, 2.05) is 25.1 Å². The van der Waals surface area contributed by atoms with Crippen LogP contribution in [0.3, 0.4) is 0 Å². The van der Waals surface area contributed by atoms with Crippen LogP contribution in [0.15, 0.2) is 46.3 Å². The average molecular weight is 415 g/mol. The third-order valence-corrected chi connectivity index (χ3v) is 5.22. The first kappa shape index (κ1) is 18.5. The third kappa shape index (κ3) is 3.58. The van der Waals surface area contributed by atoms with Crippen LogP contribution in [0.5, 0.6) is 5.75 Å². The molecule has 1 N–H and O–H groups in total. The van der Waals surface area contributed by atoms with Gasteiger partial charge < -0.3 is 9.72 Å². The highest BCUT2D eigenvalue weighted by molar-refractivity contribution is 7.98. The molecule has 0 saturated carbocycles. The zero-order valence-electron chi connectivity index (χ0n) is 15.0. The zero-order valence-corrected chi connectivity index (χ0v) is 16.6. The van der Waals surface area contributed by atoms with Gasteiger partial charge in [0.05, 0.1) is 23.8 Å². The lowest BCUT2D eigenvalue weighted by molar-refractivity contribution is 0.410. The second kappa shape index (κ2) is 7.61. The number of ether oxygens (including phenoxy) is 1. The molecule has 0 aliphatic carbocycles. The highest BCUT2D eigenvalue weighted by Gasteiger charge is 2.15. The van der Waals surface area contributed by atoms with E-state index >= 15 is 0 Å². The summed E-state index contributed by atoms with van der Waals surface area (Å²) >= 11 is 7.37. The van der Waals surface area contributed by atoms with E-state index in [2.05, 4.69) is 25.5 Å². The van der Waals surface area contributed by atoms with Gasteiger partial charge in [-0.2, -0.15) is 4.68 Å². The number of aromatic nitrogens is 6. The van der Waals surface area contributed by atoms with Crippen molar-refractivity contribution in [2.45, 2.75) is 17.8 Å². The fourth-order valence-electron chi connectivity index (χ4n) is 2.75. The van der Waals surface area contributed by atoms with Crippen LogP contribution in [0.1, 0.15) is 11.4 Å². The summed E-state index contributed by atoms with van der Waals surface area (Å²) in [6.07, 6.45) is 0. The minimum Gasteiger partial charge on any atom is -0.494 e. The van der Waals surface area contributed by atoms with Crippen molar-refractivity contribution in [1.29, 1.82) is 0 Å². The van der Waals surface area contributed by atoms with Crippen molar-refractivity contribution in [3.05, 3.63) is 63.2 Å². The molecule has 10 heteroatoms. The molecule has 8 nitrogen and oxygen atoms in total. The Bertz CT molecular complexity index is 1220. The first-order valence-electron chi connectivity index (χ1n) is 8.30. The summed E-state index contributed by atoms with van der Waals surface area (Å²) < 4.78 is 7.02. The van der Waals surface area contributed by atoms with Crippen LogP contribution in [-0.4, -0.2) is 37.3 Å². The third-order valence-electron chi connectivity index (χ3n) is 4.06. The molecule has 4 aromatic rings. The van der Waals surface area contributed by atoms with Gasteiger partial charge in [0, 0.05) is 5.02 Å². The molecule has 0 radical (unpaired) electrons. The zero-order chi connectivity index (χ0) is 19.7. The van der Waals surface area contributed by atoms with Gasteiger partial charge in [-0.25, -0.2) is 4.98 Å². The van der Waals surface area contributed by atoms with Crippen molar-refractivity contribution >= 4 is 34.3 Å². The van der Waals surface area contributed by atoms with Crippen LogP contribution in [0.2, 0.25) is 5.02 Å². The second-order valence-corrected chi connectivity index (χ2v) is 7.39. The molecule has 0 unspecified atom stereocenters. The Morgan fingerprint density at radius 3 is 2.93 bits per heavy atom. The predicted molar refractivity (Wildman–Crippen MR) is 107 cm³/mol. The number of thioether (sulfide) groups is 1. The monoisotopic (exact) mass is 414 g/mol. The predicted octanol–water partition coefficient (Wildman–Crippen LogP) is 3.16. The van der Waals surface area contributed by atoms with Gasteiger partial charge in [-0.15, -0.1) is 5.10 Å². The van der Waals surface area contributed by atoms with Crippen molar-refractivity contribution in [2.24, 2.45) is 0 Å². The number of fused-ring (bicyclic) bond motifs is 1. The van der Waals surface area contributed by atoms with E-state index in [-0.39, 0.29) is 5.56 Å². The minimum atomic E-state index is -0.211. The number of benzene rings is 2. The maximum atomic E-state index is 12.3. The fraction of sp³-hybridized carbons (Fsp3) is 0.167. The van der Waals surface area contributed by atoms with E-state index in [0.29, 0.717) is 38.4 Å². The maximum absolute atomic E-state index is 12.3. The Hall–Kier alpha value is -2.91. The molecule has 0 atom stereocenters. The number of hydrogen-bond donors (Lipinski definition) is 1. The fourth-order valence-corrected chi connectivity index (χ4v) is 3.67. The summed E-state index contributed by atoms with van der Waals surface area (Å²) in [4.78, 5) is 19.5. The number of rotatable bonds is 5. The standard InChI is InChI=1S/C18H15ClN6O2S/c1-10-3-6-15(27-2)14(7-10)25-18(22-23-24-25)28-9-16-20-13-8-11(19)4-5-12(13)17(26)21-16/h3-8H,9H2,1-2H3,(H,20,21,26). The lowest BCUT2D eigenvalue weighted by atomic mass is 10.2. The van der Waals surface area contributed by atoms with Crippen LogP contribution in [-0.2, 0) is 5.75 Å². The molecule has 0 bridgehead atoms. The normalized spacial score (nSPS) is 11.1. The number of nitrogens with zero attached hydrogens (tertiary/aromatic N) is 5. The van der Waals surface area contributed by atoms with Gasteiger partial charge in [-0.3, -0.25) is 4.79 Å². The van der Waals surface area contributed by atoms with Gasteiger partial charge in [0.25, 0.3) is 5.56 Å². The molecule has 2 aromatic carbocycles. The molecule has 4 rings (SSSR count). The second-order valence-electron chi connectivity index (χ2n) is 6.01. The van der Waals surface area contributed by atoms with E-state index in [1.54, 1.807) is 30.0 Å². The lowest BCUT2D eigenvalue weighted by Crippen LogP contribution is -2.11.